The highest BCUT2D eigenvalue weighted by molar-refractivity contribution is 5.32. The molecule has 7 heteroatoms. The number of nitrogens with zero attached hydrogens (tertiary/aromatic N) is 5. The third kappa shape index (κ3) is 2.19. The first-order valence-corrected chi connectivity index (χ1v) is 9.42. The van der Waals surface area contributed by atoms with Crippen LogP contribution in [0.4, 0.5) is 5.69 Å². The summed E-state index contributed by atoms with van der Waals surface area (Å²) in [6.45, 7) is 10.8. The van der Waals surface area contributed by atoms with Gasteiger partial charge in [0.1, 0.15) is 6.54 Å². The van der Waals surface area contributed by atoms with E-state index in [0.717, 1.165) is 11.0 Å². The molecule has 4 fully saturated rings. The highest BCUT2D eigenvalue weighted by atomic mass is 16.6. The van der Waals surface area contributed by atoms with E-state index >= 15 is 0 Å². The second kappa shape index (κ2) is 5.23. The van der Waals surface area contributed by atoms with Gasteiger partial charge in [-0.05, 0) is 12.1 Å². The van der Waals surface area contributed by atoms with Gasteiger partial charge in [-0.25, -0.2) is 9.80 Å². The van der Waals surface area contributed by atoms with Crippen LogP contribution < -0.4 is 0 Å². The Morgan fingerprint density at radius 2 is 1.56 bits per heavy atom. The third-order valence-electron chi connectivity index (χ3n) is 7.32. The largest absolute Gasteiger partial charge is 0.303 e. The minimum absolute atomic E-state index is 0.189. The van der Waals surface area contributed by atoms with Crippen LogP contribution in [0.2, 0.25) is 0 Å². The molecule has 4 aliphatic rings. The number of benzene rings is 1. The van der Waals surface area contributed by atoms with Crippen molar-refractivity contribution in [2.75, 3.05) is 59.4 Å². The smallest absolute Gasteiger partial charge is 0.269 e. The van der Waals surface area contributed by atoms with E-state index in [-0.39, 0.29) is 10.6 Å². The highest BCUT2D eigenvalue weighted by Gasteiger charge is 2.66. The molecule has 1 aromatic carbocycles. The van der Waals surface area contributed by atoms with E-state index < -0.39 is 0 Å². The fourth-order valence-electron chi connectivity index (χ4n) is 5.94. The SMILES string of the molecule is C[N+]12CCN3CC[N+]4(Cc5ccc([N+](=O)[O-])cc5)CCN(CC1)C4C32. The molecule has 0 bridgehead atoms. The number of non-ortho nitro benzene ring substituents is 1. The number of piperazine rings is 2. The van der Waals surface area contributed by atoms with Gasteiger partial charge in [0, 0.05) is 17.7 Å². The van der Waals surface area contributed by atoms with E-state index in [1.807, 2.05) is 12.1 Å². The average Bonchev–Trinajstić information content (AvgIpc) is 3.13. The quantitative estimate of drug-likeness (QED) is 0.459. The monoisotopic (exact) mass is 345 g/mol. The third-order valence-corrected chi connectivity index (χ3v) is 7.32. The normalized spacial score (nSPS) is 40.2. The van der Waals surface area contributed by atoms with Gasteiger partial charge < -0.3 is 4.48 Å². The van der Waals surface area contributed by atoms with E-state index in [1.54, 1.807) is 12.1 Å². The van der Waals surface area contributed by atoms with Gasteiger partial charge in [0.2, 0.25) is 12.3 Å². The van der Waals surface area contributed by atoms with Gasteiger partial charge in [0.15, 0.2) is 0 Å². The summed E-state index contributed by atoms with van der Waals surface area (Å²) in [6, 6.07) is 7.25. The number of likely N-dealkylation sites (N-methyl/N-ethyl adjacent to an activating group) is 1. The van der Waals surface area contributed by atoms with E-state index in [2.05, 4.69) is 16.8 Å². The van der Waals surface area contributed by atoms with E-state index in [9.17, 15) is 10.1 Å². The van der Waals surface area contributed by atoms with Gasteiger partial charge in [-0.15, -0.1) is 0 Å². The molecule has 0 N–H and O–H groups in total. The Bertz CT molecular complexity index is 710. The number of hydrogen-bond donors (Lipinski definition) is 0. The summed E-state index contributed by atoms with van der Waals surface area (Å²) < 4.78 is 2.36. The molecular weight excluding hydrogens is 318 g/mol. The Morgan fingerprint density at radius 3 is 2.16 bits per heavy atom. The Balaban J connectivity index is 1.47. The molecule has 7 nitrogen and oxygen atoms in total. The highest BCUT2D eigenvalue weighted by Crippen LogP contribution is 2.42. The van der Waals surface area contributed by atoms with Crippen molar-refractivity contribution >= 4 is 5.69 Å². The molecule has 1 aromatic rings. The topological polar surface area (TPSA) is 49.6 Å². The summed E-state index contributed by atoms with van der Waals surface area (Å²) in [4.78, 5) is 16.1. The number of quaternary nitrogens is 2. The summed E-state index contributed by atoms with van der Waals surface area (Å²) in [7, 11) is 2.45. The molecule has 4 heterocycles. The molecule has 0 spiro atoms. The van der Waals surface area contributed by atoms with Crippen LogP contribution in [0.1, 0.15) is 5.56 Å². The predicted molar refractivity (Wildman–Crippen MR) is 93.4 cm³/mol. The lowest BCUT2D eigenvalue weighted by Gasteiger charge is -2.55. The zero-order valence-electron chi connectivity index (χ0n) is 14.9. The van der Waals surface area contributed by atoms with Crippen molar-refractivity contribution in [3.63, 3.8) is 0 Å². The van der Waals surface area contributed by atoms with Crippen molar-refractivity contribution in [2.45, 2.75) is 18.9 Å². The minimum atomic E-state index is -0.310. The number of hydrogen-bond acceptors (Lipinski definition) is 4. The summed E-state index contributed by atoms with van der Waals surface area (Å²) in [5, 5.41) is 10.9. The Morgan fingerprint density at radius 1 is 1.00 bits per heavy atom. The second-order valence-electron chi connectivity index (χ2n) is 8.57. The maximum Gasteiger partial charge on any atom is 0.269 e. The summed E-state index contributed by atoms with van der Waals surface area (Å²) in [6.07, 6.45) is 1.22. The van der Waals surface area contributed by atoms with Gasteiger partial charge in [-0.2, -0.15) is 0 Å². The minimum Gasteiger partial charge on any atom is -0.303 e. The second-order valence-corrected chi connectivity index (χ2v) is 8.57. The fraction of sp³-hybridized carbons (Fsp3) is 0.667. The fourth-order valence-corrected chi connectivity index (χ4v) is 5.94. The number of nitro groups is 1. The van der Waals surface area contributed by atoms with Crippen LogP contribution in [-0.2, 0) is 6.54 Å². The number of rotatable bonds is 3. The molecule has 4 aliphatic heterocycles. The lowest BCUT2D eigenvalue weighted by atomic mass is 10.1. The van der Waals surface area contributed by atoms with Crippen molar-refractivity contribution in [3.05, 3.63) is 39.9 Å². The maximum absolute atomic E-state index is 10.9. The molecule has 0 aromatic heterocycles. The van der Waals surface area contributed by atoms with E-state index in [1.165, 1.54) is 62.4 Å². The molecule has 0 radical (unpaired) electrons. The molecule has 0 amide bonds. The predicted octanol–water partition coefficient (Wildman–Crippen LogP) is 0.669. The molecule has 0 saturated carbocycles. The van der Waals surface area contributed by atoms with E-state index in [0.29, 0.717) is 12.3 Å². The molecule has 134 valence electrons. The van der Waals surface area contributed by atoms with Crippen LogP contribution in [-0.4, -0.2) is 95.4 Å². The molecular formula is C18H27N5O2+2. The molecule has 5 rings (SSSR count). The zero-order valence-corrected chi connectivity index (χ0v) is 14.9. The molecule has 4 unspecified atom stereocenters. The summed E-state index contributed by atoms with van der Waals surface area (Å²) in [5.41, 5.74) is 1.42. The Hall–Kier alpha value is -1.54. The lowest BCUT2D eigenvalue weighted by molar-refractivity contribution is -1.03. The average molecular weight is 345 g/mol. The van der Waals surface area contributed by atoms with Crippen LogP contribution in [0, 0.1) is 10.1 Å². The first-order chi connectivity index (χ1) is 12.0. The summed E-state index contributed by atoms with van der Waals surface area (Å²) >= 11 is 0. The van der Waals surface area contributed by atoms with Crippen molar-refractivity contribution in [3.8, 4) is 0 Å². The molecule has 25 heavy (non-hydrogen) atoms. The lowest BCUT2D eigenvalue weighted by Crippen LogP contribution is -2.77. The van der Waals surface area contributed by atoms with Crippen molar-refractivity contribution in [2.24, 2.45) is 0 Å². The molecule has 0 aliphatic carbocycles. The standard InChI is InChI=1S/C18H27N5O2/c1-22-10-6-19-8-12-23(13-9-20(7-11-22)18(23)17(19)22)14-15-2-4-16(5-3-15)21(24)25/h2-5,17-18H,6-14H2,1H3/q+2. The van der Waals surface area contributed by atoms with Crippen molar-refractivity contribution in [1.82, 2.24) is 9.80 Å². The van der Waals surface area contributed by atoms with Crippen LogP contribution in [0.15, 0.2) is 24.3 Å². The van der Waals surface area contributed by atoms with Gasteiger partial charge >= 0.3 is 0 Å². The van der Waals surface area contributed by atoms with Crippen LogP contribution >= 0.6 is 0 Å². The zero-order chi connectivity index (χ0) is 17.2. The first-order valence-electron chi connectivity index (χ1n) is 9.42. The Labute approximate surface area is 148 Å². The molecule has 4 saturated heterocycles. The maximum atomic E-state index is 10.9. The van der Waals surface area contributed by atoms with Gasteiger partial charge in [-0.1, -0.05) is 0 Å². The van der Waals surface area contributed by atoms with Gasteiger partial charge in [0.25, 0.3) is 5.69 Å². The Kier molecular flexibility index (Phi) is 3.29. The van der Waals surface area contributed by atoms with Gasteiger partial charge in [-0.3, -0.25) is 14.6 Å². The van der Waals surface area contributed by atoms with Gasteiger partial charge in [0.05, 0.1) is 64.3 Å². The number of nitro benzene ring substituents is 1. The van der Waals surface area contributed by atoms with Crippen LogP contribution in [0.5, 0.6) is 0 Å². The summed E-state index contributed by atoms with van der Waals surface area (Å²) in [5.74, 6) is 0. The first kappa shape index (κ1) is 15.7. The molecule has 4 atom stereocenters. The van der Waals surface area contributed by atoms with Crippen molar-refractivity contribution < 1.29 is 13.9 Å². The van der Waals surface area contributed by atoms with Crippen molar-refractivity contribution in [1.29, 1.82) is 0 Å². The van der Waals surface area contributed by atoms with Crippen LogP contribution in [0.25, 0.3) is 0 Å². The van der Waals surface area contributed by atoms with Crippen LogP contribution in [0.3, 0.4) is 0 Å². The van der Waals surface area contributed by atoms with E-state index in [4.69, 9.17) is 0 Å².